The van der Waals surface area contributed by atoms with Gasteiger partial charge in [0.15, 0.2) is 0 Å². The molecule has 0 bridgehead atoms. The second-order valence-corrected chi connectivity index (χ2v) is 7.84. The van der Waals surface area contributed by atoms with Crippen LogP contribution in [-0.2, 0) is 22.7 Å². The van der Waals surface area contributed by atoms with Gasteiger partial charge in [-0.15, -0.1) is 0 Å². The highest BCUT2D eigenvalue weighted by molar-refractivity contribution is 5.88. The van der Waals surface area contributed by atoms with E-state index < -0.39 is 6.04 Å². The largest absolute Gasteiger partial charge is 0.353 e. The summed E-state index contributed by atoms with van der Waals surface area (Å²) in [5.41, 5.74) is 5.13. The molecule has 1 unspecified atom stereocenters. The molecule has 1 atom stereocenters. The molecule has 1 aliphatic rings. The molecule has 1 fully saturated rings. The molecular formula is C23H27N5O2. The summed E-state index contributed by atoms with van der Waals surface area (Å²) in [7, 11) is 0. The zero-order valence-corrected chi connectivity index (χ0v) is 17.4. The number of benzene rings is 1. The average Bonchev–Trinajstić information content (AvgIpc) is 3.15. The molecule has 3 aromatic rings. The number of amides is 2. The molecule has 2 N–H and O–H groups in total. The summed E-state index contributed by atoms with van der Waals surface area (Å²) in [6.45, 7) is 6.40. The molecule has 4 rings (SSSR count). The van der Waals surface area contributed by atoms with Gasteiger partial charge in [0, 0.05) is 32.0 Å². The Bertz CT molecular complexity index is 1070. The number of piperazine rings is 1. The Morgan fingerprint density at radius 2 is 2.00 bits per heavy atom. The number of rotatable bonds is 6. The van der Waals surface area contributed by atoms with Crippen molar-refractivity contribution in [1.82, 2.24) is 24.9 Å². The number of nitrogens with one attached hydrogen (secondary N) is 2. The minimum atomic E-state index is -0.471. The minimum absolute atomic E-state index is 0.0895. The Kier molecular flexibility index (Phi) is 5.81. The molecule has 3 heterocycles. The van der Waals surface area contributed by atoms with E-state index in [0.717, 1.165) is 23.4 Å². The molecule has 7 nitrogen and oxygen atoms in total. The fraction of sp³-hybridized carbons (Fsp3) is 0.348. The van der Waals surface area contributed by atoms with Crippen molar-refractivity contribution in [2.45, 2.75) is 39.4 Å². The van der Waals surface area contributed by atoms with E-state index in [-0.39, 0.29) is 18.2 Å². The first-order valence-corrected chi connectivity index (χ1v) is 10.3. The second kappa shape index (κ2) is 8.67. The number of pyridine rings is 1. The van der Waals surface area contributed by atoms with Crippen molar-refractivity contribution in [2.75, 3.05) is 13.1 Å². The molecule has 30 heavy (non-hydrogen) atoms. The van der Waals surface area contributed by atoms with E-state index in [1.165, 1.54) is 11.1 Å². The molecule has 0 saturated carbocycles. The number of imidazole rings is 1. The van der Waals surface area contributed by atoms with E-state index in [1.807, 2.05) is 48.0 Å². The lowest BCUT2D eigenvalue weighted by atomic mass is 10.0. The standard InChI is InChI=1S/C23H27N5O2/c1-16-6-3-4-8-18(16)14-27-11-9-24-23(30)20(27)12-21(29)25-13-19-15-28-10-5-7-17(2)22(28)26-19/h3-8,10,15,20H,9,11-14H2,1-2H3,(H,24,30)(H,25,29). The van der Waals surface area contributed by atoms with Crippen LogP contribution in [0.2, 0.25) is 0 Å². The molecule has 0 radical (unpaired) electrons. The first-order valence-electron chi connectivity index (χ1n) is 10.3. The topological polar surface area (TPSA) is 78.7 Å². The number of aryl methyl sites for hydroxylation is 2. The van der Waals surface area contributed by atoms with Gasteiger partial charge in [-0.25, -0.2) is 4.98 Å². The van der Waals surface area contributed by atoms with E-state index in [0.29, 0.717) is 19.6 Å². The highest BCUT2D eigenvalue weighted by Crippen LogP contribution is 2.17. The van der Waals surface area contributed by atoms with Crippen LogP contribution in [0.1, 0.15) is 28.8 Å². The molecule has 2 aromatic heterocycles. The number of nitrogens with zero attached hydrogens (tertiary/aromatic N) is 3. The van der Waals surface area contributed by atoms with E-state index in [2.05, 4.69) is 39.6 Å². The first kappa shape index (κ1) is 20.1. The Labute approximate surface area is 176 Å². The van der Waals surface area contributed by atoms with Crippen LogP contribution < -0.4 is 10.6 Å². The van der Waals surface area contributed by atoms with Crippen LogP contribution >= 0.6 is 0 Å². The van der Waals surface area contributed by atoms with Crippen molar-refractivity contribution in [3.8, 4) is 0 Å². The van der Waals surface area contributed by atoms with Gasteiger partial charge in [0.05, 0.1) is 24.7 Å². The van der Waals surface area contributed by atoms with E-state index in [1.54, 1.807) is 0 Å². The maximum Gasteiger partial charge on any atom is 0.237 e. The lowest BCUT2D eigenvalue weighted by molar-refractivity contribution is -0.134. The summed E-state index contributed by atoms with van der Waals surface area (Å²) in [4.78, 5) is 31.8. The van der Waals surface area contributed by atoms with Crippen molar-refractivity contribution in [3.63, 3.8) is 0 Å². The van der Waals surface area contributed by atoms with E-state index in [9.17, 15) is 9.59 Å². The molecule has 1 saturated heterocycles. The van der Waals surface area contributed by atoms with Crippen LogP contribution in [0, 0.1) is 13.8 Å². The number of fused-ring (bicyclic) bond motifs is 1. The van der Waals surface area contributed by atoms with Gasteiger partial charge in [0.25, 0.3) is 0 Å². The van der Waals surface area contributed by atoms with Gasteiger partial charge >= 0.3 is 0 Å². The van der Waals surface area contributed by atoms with Gasteiger partial charge in [-0.2, -0.15) is 0 Å². The van der Waals surface area contributed by atoms with Crippen molar-refractivity contribution in [1.29, 1.82) is 0 Å². The van der Waals surface area contributed by atoms with Crippen LogP contribution in [0.25, 0.3) is 5.65 Å². The maximum atomic E-state index is 12.6. The van der Waals surface area contributed by atoms with Crippen molar-refractivity contribution < 1.29 is 9.59 Å². The van der Waals surface area contributed by atoms with Crippen LogP contribution in [0.4, 0.5) is 0 Å². The number of aromatic nitrogens is 2. The maximum absolute atomic E-state index is 12.6. The third-order valence-corrected chi connectivity index (χ3v) is 5.65. The zero-order valence-electron chi connectivity index (χ0n) is 17.4. The molecule has 1 aromatic carbocycles. The summed E-state index contributed by atoms with van der Waals surface area (Å²) in [5, 5.41) is 5.81. The third-order valence-electron chi connectivity index (χ3n) is 5.65. The van der Waals surface area contributed by atoms with Gasteiger partial charge in [0.2, 0.25) is 11.8 Å². The Balaban J connectivity index is 1.40. The van der Waals surface area contributed by atoms with E-state index in [4.69, 9.17) is 0 Å². The number of hydrogen-bond acceptors (Lipinski definition) is 4. The Morgan fingerprint density at radius 3 is 2.80 bits per heavy atom. The normalized spacial score (nSPS) is 17.1. The predicted molar refractivity (Wildman–Crippen MR) is 115 cm³/mol. The molecule has 156 valence electrons. The number of carbonyl (C=O) groups excluding carboxylic acids is 2. The number of carbonyl (C=O) groups is 2. The quantitative estimate of drug-likeness (QED) is 0.657. The molecule has 2 amide bonds. The van der Waals surface area contributed by atoms with Gasteiger partial charge in [-0.1, -0.05) is 30.3 Å². The fourth-order valence-corrected chi connectivity index (χ4v) is 3.91. The third kappa shape index (κ3) is 4.36. The van der Waals surface area contributed by atoms with Crippen molar-refractivity contribution in [3.05, 3.63) is 71.2 Å². The highest BCUT2D eigenvalue weighted by atomic mass is 16.2. The van der Waals surface area contributed by atoms with Crippen molar-refractivity contribution >= 4 is 17.5 Å². The Hall–Kier alpha value is -3.19. The number of hydrogen-bond donors (Lipinski definition) is 2. The van der Waals surface area contributed by atoms with Gasteiger partial charge < -0.3 is 15.0 Å². The zero-order chi connectivity index (χ0) is 21.1. The summed E-state index contributed by atoms with van der Waals surface area (Å²) in [5.74, 6) is -0.242. The molecule has 0 spiro atoms. The lowest BCUT2D eigenvalue weighted by Gasteiger charge is -2.35. The molecule has 0 aliphatic carbocycles. The van der Waals surface area contributed by atoms with Crippen LogP contribution in [0.15, 0.2) is 48.8 Å². The smallest absolute Gasteiger partial charge is 0.237 e. The summed E-state index contributed by atoms with van der Waals surface area (Å²) >= 11 is 0. The van der Waals surface area contributed by atoms with E-state index >= 15 is 0 Å². The van der Waals surface area contributed by atoms with Crippen LogP contribution in [0.5, 0.6) is 0 Å². The molecular weight excluding hydrogens is 378 g/mol. The molecule has 1 aliphatic heterocycles. The summed E-state index contributed by atoms with van der Waals surface area (Å²) in [6.07, 6.45) is 3.99. The lowest BCUT2D eigenvalue weighted by Crippen LogP contribution is -2.56. The predicted octanol–water partition coefficient (Wildman–Crippen LogP) is 1.96. The second-order valence-electron chi connectivity index (χ2n) is 7.84. The highest BCUT2D eigenvalue weighted by Gasteiger charge is 2.31. The average molecular weight is 406 g/mol. The van der Waals surface area contributed by atoms with Gasteiger partial charge in [0.1, 0.15) is 5.65 Å². The fourth-order valence-electron chi connectivity index (χ4n) is 3.91. The minimum Gasteiger partial charge on any atom is -0.353 e. The van der Waals surface area contributed by atoms with Crippen LogP contribution in [-0.4, -0.2) is 45.2 Å². The van der Waals surface area contributed by atoms with Gasteiger partial charge in [-0.3, -0.25) is 14.5 Å². The molecule has 7 heteroatoms. The van der Waals surface area contributed by atoms with Crippen molar-refractivity contribution in [2.24, 2.45) is 0 Å². The summed E-state index contributed by atoms with van der Waals surface area (Å²) in [6, 6.07) is 11.7. The first-order chi connectivity index (χ1) is 14.5. The van der Waals surface area contributed by atoms with Gasteiger partial charge in [-0.05, 0) is 36.6 Å². The SMILES string of the molecule is Cc1ccccc1CN1CCNC(=O)C1CC(=O)NCc1cn2cccc(C)c2n1. The van der Waals surface area contributed by atoms with Crippen LogP contribution in [0.3, 0.4) is 0 Å². The monoisotopic (exact) mass is 405 g/mol. The summed E-state index contributed by atoms with van der Waals surface area (Å²) < 4.78 is 1.95. The Morgan fingerprint density at radius 1 is 1.20 bits per heavy atom.